The van der Waals surface area contributed by atoms with Crippen LogP contribution in [-0.4, -0.2) is 33.2 Å². The van der Waals surface area contributed by atoms with Crippen LogP contribution in [0.4, 0.5) is 0 Å². The minimum absolute atomic E-state index is 0.163. The van der Waals surface area contributed by atoms with Crippen molar-refractivity contribution in [2.75, 3.05) is 11.9 Å². The van der Waals surface area contributed by atoms with Gasteiger partial charge in [-0.1, -0.05) is 28.8 Å². The van der Waals surface area contributed by atoms with Gasteiger partial charge in [0.25, 0.3) is 5.91 Å². The van der Waals surface area contributed by atoms with Gasteiger partial charge >= 0.3 is 0 Å². The minimum atomic E-state index is -0.163. The number of rotatable bonds is 7. The standard InChI is InChI=1S/C9H15BrN4O/c10-5-3-1-2-4-6-11-9(15)8-7-12-14-13-8/h7H,1-6H2,(H,11,15)(H,12,13,14). The quantitative estimate of drug-likeness (QED) is 0.585. The van der Waals surface area contributed by atoms with Gasteiger partial charge in [0.15, 0.2) is 5.69 Å². The summed E-state index contributed by atoms with van der Waals surface area (Å²) in [4.78, 5) is 11.4. The Labute approximate surface area is 97.2 Å². The van der Waals surface area contributed by atoms with Crippen LogP contribution in [0.2, 0.25) is 0 Å². The molecule has 0 bridgehead atoms. The third kappa shape index (κ3) is 4.92. The Bertz CT molecular complexity index is 276. The van der Waals surface area contributed by atoms with Gasteiger partial charge in [-0.2, -0.15) is 15.4 Å². The van der Waals surface area contributed by atoms with Crippen LogP contribution in [0.5, 0.6) is 0 Å². The van der Waals surface area contributed by atoms with E-state index in [-0.39, 0.29) is 5.91 Å². The molecule has 15 heavy (non-hydrogen) atoms. The van der Waals surface area contributed by atoms with Gasteiger partial charge in [0.05, 0.1) is 6.20 Å². The Morgan fingerprint density at radius 3 is 2.87 bits per heavy atom. The molecular weight excluding hydrogens is 260 g/mol. The van der Waals surface area contributed by atoms with Crippen LogP contribution in [0.15, 0.2) is 6.20 Å². The molecule has 0 aromatic carbocycles. The van der Waals surface area contributed by atoms with Crippen molar-refractivity contribution < 1.29 is 4.79 Å². The Morgan fingerprint density at radius 2 is 2.20 bits per heavy atom. The number of aromatic nitrogens is 3. The topological polar surface area (TPSA) is 70.7 Å². The van der Waals surface area contributed by atoms with Crippen LogP contribution in [0.1, 0.15) is 36.2 Å². The van der Waals surface area contributed by atoms with E-state index in [2.05, 4.69) is 36.7 Å². The first-order valence-corrected chi connectivity index (χ1v) is 6.16. The highest BCUT2D eigenvalue weighted by atomic mass is 79.9. The Kier molecular flexibility index (Phi) is 5.99. The molecule has 2 N–H and O–H groups in total. The third-order valence-corrected chi connectivity index (χ3v) is 2.55. The number of carbonyl (C=O) groups is 1. The number of amides is 1. The normalized spacial score (nSPS) is 10.2. The molecule has 84 valence electrons. The van der Waals surface area contributed by atoms with Gasteiger partial charge in [-0.3, -0.25) is 4.79 Å². The molecule has 0 unspecified atom stereocenters. The summed E-state index contributed by atoms with van der Waals surface area (Å²) in [5, 5.41) is 13.5. The second-order valence-electron chi connectivity index (χ2n) is 3.21. The van der Waals surface area contributed by atoms with Gasteiger partial charge in [-0.05, 0) is 12.8 Å². The van der Waals surface area contributed by atoms with Crippen molar-refractivity contribution in [2.45, 2.75) is 25.7 Å². The highest BCUT2D eigenvalue weighted by Crippen LogP contribution is 2.01. The lowest BCUT2D eigenvalue weighted by atomic mass is 10.2. The summed E-state index contributed by atoms with van der Waals surface area (Å²) in [5.74, 6) is -0.163. The van der Waals surface area contributed by atoms with Gasteiger partial charge in [0, 0.05) is 11.9 Å². The molecule has 0 saturated heterocycles. The van der Waals surface area contributed by atoms with Crippen LogP contribution in [0, 0.1) is 0 Å². The SMILES string of the molecule is O=C(NCCCCCCBr)c1cn[nH]n1. The van der Waals surface area contributed by atoms with E-state index in [4.69, 9.17) is 0 Å². The van der Waals surface area contributed by atoms with E-state index in [0.29, 0.717) is 12.2 Å². The summed E-state index contributed by atoms with van der Waals surface area (Å²) >= 11 is 3.38. The Morgan fingerprint density at radius 1 is 1.40 bits per heavy atom. The van der Waals surface area contributed by atoms with Gasteiger partial charge < -0.3 is 5.32 Å². The van der Waals surface area contributed by atoms with Crippen LogP contribution in [0.25, 0.3) is 0 Å². The molecule has 0 atom stereocenters. The van der Waals surface area contributed by atoms with Crippen molar-refractivity contribution in [1.29, 1.82) is 0 Å². The molecule has 1 amide bonds. The van der Waals surface area contributed by atoms with Gasteiger partial charge in [0.2, 0.25) is 0 Å². The highest BCUT2D eigenvalue weighted by Gasteiger charge is 2.06. The zero-order valence-electron chi connectivity index (χ0n) is 8.50. The van der Waals surface area contributed by atoms with Crippen molar-refractivity contribution in [2.24, 2.45) is 0 Å². The predicted molar refractivity (Wildman–Crippen MR) is 61.0 cm³/mol. The van der Waals surface area contributed by atoms with E-state index in [1.54, 1.807) is 0 Å². The Hall–Kier alpha value is -0.910. The summed E-state index contributed by atoms with van der Waals surface area (Å²) in [7, 11) is 0. The van der Waals surface area contributed by atoms with E-state index in [0.717, 1.165) is 18.2 Å². The first kappa shape index (κ1) is 12.2. The third-order valence-electron chi connectivity index (χ3n) is 1.99. The number of hydrogen-bond acceptors (Lipinski definition) is 3. The maximum atomic E-state index is 11.4. The number of alkyl halides is 1. The molecule has 0 spiro atoms. The van der Waals surface area contributed by atoms with E-state index < -0.39 is 0 Å². The first-order chi connectivity index (χ1) is 7.34. The molecule has 0 saturated carbocycles. The second kappa shape index (κ2) is 7.39. The smallest absolute Gasteiger partial charge is 0.273 e. The number of carbonyl (C=O) groups excluding carboxylic acids is 1. The second-order valence-corrected chi connectivity index (χ2v) is 4.01. The summed E-state index contributed by atoms with van der Waals surface area (Å²) in [6, 6.07) is 0. The van der Waals surface area contributed by atoms with Crippen LogP contribution < -0.4 is 5.32 Å². The van der Waals surface area contributed by atoms with Crippen LogP contribution in [-0.2, 0) is 0 Å². The zero-order valence-corrected chi connectivity index (χ0v) is 10.1. The summed E-state index contributed by atoms with van der Waals surface area (Å²) in [6.45, 7) is 0.702. The molecule has 1 aromatic heterocycles. The number of aromatic amines is 1. The van der Waals surface area contributed by atoms with Crippen molar-refractivity contribution in [3.63, 3.8) is 0 Å². The van der Waals surface area contributed by atoms with E-state index in [9.17, 15) is 4.79 Å². The molecule has 1 aromatic rings. The molecule has 1 heterocycles. The molecule has 0 fully saturated rings. The fourth-order valence-electron chi connectivity index (χ4n) is 1.18. The maximum absolute atomic E-state index is 11.4. The Balaban J connectivity index is 2.03. The number of hydrogen-bond donors (Lipinski definition) is 2. The molecule has 0 radical (unpaired) electrons. The number of nitrogens with one attached hydrogen (secondary N) is 2. The van der Waals surface area contributed by atoms with E-state index in [1.165, 1.54) is 19.0 Å². The fraction of sp³-hybridized carbons (Fsp3) is 0.667. The van der Waals surface area contributed by atoms with Crippen molar-refractivity contribution >= 4 is 21.8 Å². The summed E-state index contributed by atoms with van der Waals surface area (Å²) in [5.41, 5.74) is 0.343. The number of halogens is 1. The molecule has 0 aliphatic heterocycles. The van der Waals surface area contributed by atoms with Crippen molar-refractivity contribution in [3.8, 4) is 0 Å². The van der Waals surface area contributed by atoms with Crippen molar-refractivity contribution in [3.05, 3.63) is 11.9 Å². The minimum Gasteiger partial charge on any atom is -0.351 e. The molecule has 6 heteroatoms. The molecule has 0 aliphatic rings. The average molecular weight is 275 g/mol. The highest BCUT2D eigenvalue weighted by molar-refractivity contribution is 9.09. The first-order valence-electron chi connectivity index (χ1n) is 5.04. The van der Waals surface area contributed by atoms with Crippen LogP contribution in [0.3, 0.4) is 0 Å². The predicted octanol–water partition coefficient (Wildman–Crippen LogP) is 1.49. The molecule has 5 nitrogen and oxygen atoms in total. The fourth-order valence-corrected chi connectivity index (χ4v) is 1.57. The largest absolute Gasteiger partial charge is 0.351 e. The van der Waals surface area contributed by atoms with Crippen LogP contribution >= 0.6 is 15.9 Å². The zero-order chi connectivity index (χ0) is 10.9. The number of nitrogens with zero attached hydrogens (tertiary/aromatic N) is 2. The summed E-state index contributed by atoms with van der Waals surface area (Å²) < 4.78 is 0. The molecule has 0 aliphatic carbocycles. The lowest BCUT2D eigenvalue weighted by Crippen LogP contribution is -2.24. The van der Waals surface area contributed by atoms with Gasteiger partial charge in [-0.25, -0.2) is 0 Å². The molecule has 1 rings (SSSR count). The van der Waals surface area contributed by atoms with E-state index >= 15 is 0 Å². The monoisotopic (exact) mass is 274 g/mol. The van der Waals surface area contributed by atoms with E-state index in [1.807, 2.05) is 0 Å². The van der Waals surface area contributed by atoms with Gasteiger partial charge in [-0.15, -0.1) is 0 Å². The number of H-pyrrole nitrogens is 1. The lowest BCUT2D eigenvalue weighted by molar-refractivity contribution is 0.0948. The molecular formula is C9H15BrN4O. The summed E-state index contributed by atoms with van der Waals surface area (Å²) in [6.07, 6.45) is 5.96. The van der Waals surface area contributed by atoms with Gasteiger partial charge in [0.1, 0.15) is 0 Å². The van der Waals surface area contributed by atoms with Crippen molar-refractivity contribution in [1.82, 2.24) is 20.7 Å². The number of unbranched alkanes of at least 4 members (excludes halogenated alkanes) is 3. The maximum Gasteiger partial charge on any atom is 0.273 e. The average Bonchev–Trinajstić information content (AvgIpc) is 2.76. The lowest BCUT2D eigenvalue weighted by Gasteiger charge is -2.01.